The van der Waals surface area contributed by atoms with Gasteiger partial charge in [-0.15, -0.1) is 0 Å². The number of halogens is 1. The molecule has 2 aromatic rings. The predicted octanol–water partition coefficient (Wildman–Crippen LogP) is 4.06. The van der Waals surface area contributed by atoms with Crippen LogP contribution < -0.4 is 9.64 Å². The Morgan fingerprint density at radius 2 is 1.92 bits per heavy atom. The van der Waals surface area contributed by atoms with E-state index in [1.165, 1.54) is 0 Å². The number of carbonyl (C=O) groups excluding carboxylic acids is 2. The molecule has 0 radical (unpaired) electrons. The third-order valence-corrected chi connectivity index (χ3v) is 4.46. The summed E-state index contributed by atoms with van der Waals surface area (Å²) in [5.74, 6) is -0.0740. The smallest absolute Gasteiger partial charge is 0.299 e. The van der Waals surface area contributed by atoms with E-state index >= 15 is 0 Å². The maximum absolute atomic E-state index is 12.3. The lowest BCUT2D eigenvalue weighted by Gasteiger charge is -2.18. The number of amides is 1. The fraction of sp³-hybridized carbons (Fsp3) is 0.263. The summed E-state index contributed by atoms with van der Waals surface area (Å²) in [6.45, 7) is 4.88. The number of Topliss-reactive ketones (excluding diaryl/α,β-unsaturated/α-hetero) is 1. The van der Waals surface area contributed by atoms with Gasteiger partial charge in [-0.3, -0.25) is 9.59 Å². The fourth-order valence-corrected chi connectivity index (χ4v) is 3.51. The Bertz CT molecular complexity index is 816. The van der Waals surface area contributed by atoms with Crippen molar-refractivity contribution in [2.24, 2.45) is 0 Å². The largest absolute Gasteiger partial charge is 0.494 e. The second kappa shape index (κ2) is 6.77. The molecule has 5 heteroatoms. The number of hydrogen-bond donors (Lipinski definition) is 0. The Hall–Kier alpha value is -2.14. The van der Waals surface area contributed by atoms with Crippen molar-refractivity contribution in [2.45, 2.75) is 20.3 Å². The van der Waals surface area contributed by atoms with Gasteiger partial charge in [-0.2, -0.15) is 0 Å². The number of ether oxygens (including phenoxy) is 1. The first-order chi connectivity index (χ1) is 11.5. The van der Waals surface area contributed by atoms with Crippen molar-refractivity contribution in [3.05, 3.63) is 57.6 Å². The topological polar surface area (TPSA) is 46.6 Å². The molecule has 3 rings (SSSR count). The van der Waals surface area contributed by atoms with Gasteiger partial charge >= 0.3 is 0 Å². The van der Waals surface area contributed by atoms with Crippen LogP contribution in [0, 0.1) is 13.8 Å². The number of rotatable bonds is 5. The Morgan fingerprint density at radius 1 is 1.12 bits per heavy atom. The molecule has 0 saturated heterocycles. The monoisotopic (exact) mass is 387 g/mol. The molecule has 0 aliphatic carbocycles. The van der Waals surface area contributed by atoms with Gasteiger partial charge in [-0.1, -0.05) is 28.1 Å². The van der Waals surface area contributed by atoms with E-state index < -0.39 is 11.7 Å². The molecule has 124 valence electrons. The number of hydrogen-bond acceptors (Lipinski definition) is 3. The zero-order chi connectivity index (χ0) is 17.3. The predicted molar refractivity (Wildman–Crippen MR) is 96.9 cm³/mol. The van der Waals surface area contributed by atoms with Gasteiger partial charge in [0.05, 0.1) is 17.9 Å². The van der Waals surface area contributed by atoms with Crippen LogP contribution in [0.3, 0.4) is 0 Å². The first-order valence-corrected chi connectivity index (χ1v) is 8.62. The van der Waals surface area contributed by atoms with Crippen molar-refractivity contribution in [2.75, 3.05) is 18.1 Å². The molecule has 1 aliphatic rings. The van der Waals surface area contributed by atoms with E-state index in [-0.39, 0.29) is 0 Å². The average Bonchev–Trinajstić information content (AvgIpc) is 2.77. The highest BCUT2D eigenvalue weighted by Crippen LogP contribution is 2.35. The van der Waals surface area contributed by atoms with Gasteiger partial charge in [-0.25, -0.2) is 0 Å². The van der Waals surface area contributed by atoms with E-state index in [1.54, 1.807) is 11.0 Å². The number of nitrogens with zero attached hydrogens (tertiary/aromatic N) is 1. The molecule has 2 aromatic carbocycles. The minimum atomic E-state index is -0.457. The molecular formula is C19H18BrNO3. The molecule has 4 nitrogen and oxygen atoms in total. The number of carbonyl (C=O) groups is 2. The molecule has 0 bridgehead atoms. The third-order valence-electron chi connectivity index (χ3n) is 4.00. The first kappa shape index (κ1) is 16.7. The molecule has 0 saturated carbocycles. The van der Waals surface area contributed by atoms with Gasteiger partial charge in [0.1, 0.15) is 5.75 Å². The Morgan fingerprint density at radius 3 is 2.67 bits per heavy atom. The molecule has 1 amide bonds. The second-order valence-electron chi connectivity index (χ2n) is 5.92. The summed E-state index contributed by atoms with van der Waals surface area (Å²) in [4.78, 5) is 26.0. The lowest BCUT2D eigenvalue weighted by molar-refractivity contribution is -0.114. The van der Waals surface area contributed by atoms with Crippen molar-refractivity contribution >= 4 is 33.3 Å². The maximum Gasteiger partial charge on any atom is 0.299 e. The molecule has 0 atom stereocenters. The minimum Gasteiger partial charge on any atom is -0.494 e. The number of fused-ring (bicyclic) bond motifs is 1. The SMILES string of the molecule is Cc1cccc(OCCCN2C(=O)C(=O)c3cc(Br)cc(C)c32)c1. The van der Waals surface area contributed by atoms with E-state index in [2.05, 4.69) is 15.9 Å². The molecule has 0 N–H and O–H groups in total. The van der Waals surface area contributed by atoms with Gasteiger partial charge in [0.25, 0.3) is 11.7 Å². The van der Waals surface area contributed by atoms with Gasteiger partial charge in [-0.05, 0) is 55.7 Å². The quantitative estimate of drug-likeness (QED) is 0.573. The van der Waals surface area contributed by atoms with Crippen LogP contribution in [0.5, 0.6) is 5.75 Å². The van der Waals surface area contributed by atoms with Crippen LogP contribution in [-0.2, 0) is 4.79 Å². The summed E-state index contributed by atoms with van der Waals surface area (Å²) >= 11 is 3.38. The van der Waals surface area contributed by atoms with Crippen LogP contribution in [0.2, 0.25) is 0 Å². The summed E-state index contributed by atoms with van der Waals surface area (Å²) in [6.07, 6.45) is 0.655. The van der Waals surface area contributed by atoms with Crippen molar-refractivity contribution in [3.63, 3.8) is 0 Å². The molecule has 0 aromatic heterocycles. The molecular weight excluding hydrogens is 370 g/mol. The highest BCUT2D eigenvalue weighted by atomic mass is 79.9. The van der Waals surface area contributed by atoms with E-state index in [0.29, 0.717) is 25.1 Å². The summed E-state index contributed by atoms with van der Waals surface area (Å²) < 4.78 is 6.53. The van der Waals surface area contributed by atoms with Gasteiger partial charge in [0.2, 0.25) is 0 Å². The number of ketones is 1. The van der Waals surface area contributed by atoms with E-state index in [4.69, 9.17) is 4.74 Å². The summed E-state index contributed by atoms with van der Waals surface area (Å²) in [7, 11) is 0. The summed E-state index contributed by atoms with van der Waals surface area (Å²) in [5, 5.41) is 0. The number of aryl methyl sites for hydroxylation is 2. The lowest BCUT2D eigenvalue weighted by atomic mass is 10.1. The van der Waals surface area contributed by atoms with Crippen molar-refractivity contribution in [1.29, 1.82) is 0 Å². The molecule has 1 aliphatic heterocycles. The zero-order valence-electron chi connectivity index (χ0n) is 13.6. The highest BCUT2D eigenvalue weighted by Gasteiger charge is 2.36. The fourth-order valence-electron chi connectivity index (χ4n) is 2.94. The van der Waals surface area contributed by atoms with Crippen molar-refractivity contribution < 1.29 is 14.3 Å². The van der Waals surface area contributed by atoms with E-state index in [0.717, 1.165) is 27.0 Å². The molecule has 0 spiro atoms. The maximum atomic E-state index is 12.3. The Balaban J connectivity index is 1.66. The van der Waals surface area contributed by atoms with Crippen molar-refractivity contribution in [3.8, 4) is 5.75 Å². The summed E-state index contributed by atoms with van der Waals surface area (Å²) in [5.41, 5.74) is 3.26. The second-order valence-corrected chi connectivity index (χ2v) is 6.84. The lowest BCUT2D eigenvalue weighted by Crippen LogP contribution is -2.31. The van der Waals surface area contributed by atoms with Crippen LogP contribution in [0.4, 0.5) is 5.69 Å². The molecule has 1 heterocycles. The van der Waals surface area contributed by atoms with E-state index in [9.17, 15) is 9.59 Å². The minimum absolute atomic E-state index is 0.436. The highest BCUT2D eigenvalue weighted by molar-refractivity contribution is 9.10. The Labute approximate surface area is 149 Å². The van der Waals surface area contributed by atoms with Crippen LogP contribution in [0.25, 0.3) is 0 Å². The van der Waals surface area contributed by atoms with Crippen LogP contribution in [-0.4, -0.2) is 24.8 Å². The average molecular weight is 388 g/mol. The number of benzene rings is 2. The standard InChI is InChI=1S/C19H18BrNO3/c1-12-5-3-6-15(9-12)24-8-4-7-21-17-13(2)10-14(20)11-16(17)18(22)19(21)23/h3,5-6,9-11H,4,7-8H2,1-2H3. The molecule has 0 fully saturated rings. The Kier molecular flexibility index (Phi) is 4.71. The zero-order valence-corrected chi connectivity index (χ0v) is 15.2. The van der Waals surface area contributed by atoms with Crippen LogP contribution >= 0.6 is 15.9 Å². The van der Waals surface area contributed by atoms with Gasteiger partial charge in [0, 0.05) is 11.0 Å². The third kappa shape index (κ3) is 3.22. The normalized spacial score (nSPS) is 13.4. The van der Waals surface area contributed by atoms with Crippen LogP contribution in [0.1, 0.15) is 27.9 Å². The molecule has 24 heavy (non-hydrogen) atoms. The van der Waals surface area contributed by atoms with Gasteiger partial charge in [0.15, 0.2) is 0 Å². The number of anilines is 1. The van der Waals surface area contributed by atoms with E-state index in [1.807, 2.05) is 44.2 Å². The summed E-state index contributed by atoms with van der Waals surface area (Å²) in [6, 6.07) is 11.5. The molecule has 0 unspecified atom stereocenters. The van der Waals surface area contributed by atoms with Gasteiger partial charge < -0.3 is 9.64 Å². The first-order valence-electron chi connectivity index (χ1n) is 7.83. The van der Waals surface area contributed by atoms with Crippen molar-refractivity contribution in [1.82, 2.24) is 0 Å². The van der Waals surface area contributed by atoms with Crippen LogP contribution in [0.15, 0.2) is 40.9 Å².